The average Bonchev–Trinajstić information content (AvgIpc) is 2.69. The van der Waals surface area contributed by atoms with Crippen molar-refractivity contribution in [1.82, 2.24) is 0 Å². The molecule has 0 aromatic heterocycles. The number of nitrogens with zero attached hydrogens (tertiary/aromatic N) is 2. The Bertz CT molecular complexity index is 979. The Kier molecular flexibility index (Phi) is 7.49. The Balaban J connectivity index is 2.38. The van der Waals surface area contributed by atoms with Crippen LogP contribution < -0.4 is 9.64 Å². The number of rotatable bonds is 8. The molecule has 2 aromatic rings. The van der Waals surface area contributed by atoms with Crippen LogP contribution in [0.2, 0.25) is 0 Å². The van der Waals surface area contributed by atoms with Crippen LogP contribution in [-0.2, 0) is 5.41 Å². The Morgan fingerprint density at radius 3 is 2.29 bits per heavy atom. The zero-order valence-electron chi connectivity index (χ0n) is 18.4. The fourth-order valence-electron chi connectivity index (χ4n) is 3.30. The normalized spacial score (nSPS) is 12.0. The van der Waals surface area contributed by atoms with Gasteiger partial charge in [0.25, 0.3) is 0 Å². The third-order valence-electron chi connectivity index (χ3n) is 4.98. The van der Waals surface area contributed by atoms with Crippen molar-refractivity contribution in [2.24, 2.45) is 5.16 Å². The van der Waals surface area contributed by atoms with E-state index in [0.29, 0.717) is 24.3 Å². The number of carboxylic acid groups (broad SMARTS) is 1. The van der Waals surface area contributed by atoms with Crippen molar-refractivity contribution < 1.29 is 29.3 Å². The third-order valence-corrected chi connectivity index (χ3v) is 4.98. The second kappa shape index (κ2) is 9.68. The third kappa shape index (κ3) is 5.45. The summed E-state index contributed by atoms with van der Waals surface area (Å²) in [5, 5.41) is 31.6. The lowest BCUT2D eigenvalue weighted by atomic mass is 9.83. The molecule has 0 unspecified atom stereocenters. The highest BCUT2D eigenvalue weighted by Crippen LogP contribution is 2.35. The number of aromatic hydroxyl groups is 1. The van der Waals surface area contributed by atoms with Crippen LogP contribution in [0.5, 0.6) is 11.5 Å². The topological polar surface area (TPSA) is 103 Å². The standard InChI is InChI=1S/C23H29FN2O5/c1-6-26(7-2)21-17(23(3,4)5)10-14(11-18(21)24)19(25-30)13-31-15-8-9-16(22(28)29)20(27)12-15/h8-12,27,30H,6-7,13H2,1-5H3,(H,28,29). The molecule has 0 saturated carbocycles. The van der Waals surface area contributed by atoms with Crippen LogP contribution in [0.15, 0.2) is 35.5 Å². The van der Waals surface area contributed by atoms with Gasteiger partial charge in [-0.3, -0.25) is 0 Å². The van der Waals surface area contributed by atoms with Crippen molar-refractivity contribution in [2.45, 2.75) is 40.0 Å². The fraction of sp³-hybridized carbons (Fsp3) is 0.391. The first kappa shape index (κ1) is 24.0. The minimum Gasteiger partial charge on any atom is -0.507 e. The van der Waals surface area contributed by atoms with E-state index >= 15 is 4.39 Å². The van der Waals surface area contributed by atoms with Gasteiger partial charge in [0.2, 0.25) is 0 Å². The summed E-state index contributed by atoms with van der Waals surface area (Å²) in [5.41, 5.74) is 1.13. The number of hydrogen-bond acceptors (Lipinski definition) is 6. The van der Waals surface area contributed by atoms with Crippen LogP contribution >= 0.6 is 0 Å². The van der Waals surface area contributed by atoms with Gasteiger partial charge in [-0.15, -0.1) is 0 Å². The van der Waals surface area contributed by atoms with Crippen molar-refractivity contribution >= 4 is 17.4 Å². The van der Waals surface area contributed by atoms with Crippen molar-refractivity contribution in [3.8, 4) is 11.5 Å². The number of halogens is 1. The van der Waals surface area contributed by atoms with E-state index in [2.05, 4.69) is 5.16 Å². The van der Waals surface area contributed by atoms with Crippen LogP contribution in [0.1, 0.15) is 56.1 Å². The van der Waals surface area contributed by atoms with Crippen molar-refractivity contribution in [1.29, 1.82) is 0 Å². The molecule has 3 N–H and O–H groups in total. The lowest BCUT2D eigenvalue weighted by molar-refractivity contribution is 0.0693. The monoisotopic (exact) mass is 432 g/mol. The van der Waals surface area contributed by atoms with Gasteiger partial charge >= 0.3 is 5.97 Å². The number of carboxylic acids is 1. The van der Waals surface area contributed by atoms with Crippen LogP contribution in [0.4, 0.5) is 10.1 Å². The first-order valence-electron chi connectivity index (χ1n) is 10.0. The number of ether oxygens (including phenoxy) is 1. The summed E-state index contributed by atoms with van der Waals surface area (Å²) in [4.78, 5) is 12.9. The molecular weight excluding hydrogens is 403 g/mol. The van der Waals surface area contributed by atoms with E-state index in [9.17, 15) is 15.1 Å². The highest BCUT2D eigenvalue weighted by molar-refractivity contribution is 6.02. The molecule has 0 aliphatic heterocycles. The van der Waals surface area contributed by atoms with E-state index < -0.39 is 17.5 Å². The summed E-state index contributed by atoms with van der Waals surface area (Å²) in [5.74, 6) is -1.95. The summed E-state index contributed by atoms with van der Waals surface area (Å²) in [6, 6.07) is 6.84. The fourth-order valence-corrected chi connectivity index (χ4v) is 3.30. The Hall–Kier alpha value is -3.29. The summed E-state index contributed by atoms with van der Waals surface area (Å²) >= 11 is 0. The molecule has 0 atom stereocenters. The van der Waals surface area contributed by atoms with E-state index in [1.54, 1.807) is 6.07 Å². The smallest absolute Gasteiger partial charge is 0.339 e. The SMILES string of the molecule is CCN(CC)c1c(F)cc(C(COc2ccc(C(=O)O)c(O)c2)=NO)cc1C(C)(C)C. The maximum Gasteiger partial charge on any atom is 0.339 e. The summed E-state index contributed by atoms with van der Waals surface area (Å²) < 4.78 is 20.7. The quantitative estimate of drug-likeness (QED) is 0.319. The summed E-state index contributed by atoms with van der Waals surface area (Å²) in [6.45, 7) is 11.0. The molecule has 2 aromatic carbocycles. The van der Waals surface area contributed by atoms with E-state index in [-0.39, 0.29) is 29.0 Å². The number of aromatic carboxylic acids is 1. The van der Waals surface area contributed by atoms with Gasteiger partial charge in [0.15, 0.2) is 0 Å². The Labute approximate surface area is 181 Å². The predicted molar refractivity (Wildman–Crippen MR) is 118 cm³/mol. The number of hydrogen-bond donors (Lipinski definition) is 3. The predicted octanol–water partition coefficient (Wildman–Crippen LogP) is 4.63. The van der Waals surface area contributed by atoms with Gasteiger partial charge < -0.3 is 25.1 Å². The summed E-state index contributed by atoms with van der Waals surface area (Å²) in [6.07, 6.45) is 0. The molecule has 0 bridgehead atoms. The molecule has 2 rings (SSSR count). The molecule has 0 spiro atoms. The molecule has 0 aliphatic carbocycles. The van der Waals surface area contributed by atoms with Crippen molar-refractivity contribution in [3.05, 3.63) is 52.8 Å². The molecule has 0 fully saturated rings. The number of carbonyl (C=O) groups is 1. The molecule has 168 valence electrons. The van der Waals surface area contributed by atoms with E-state index in [1.807, 2.05) is 39.5 Å². The van der Waals surface area contributed by atoms with E-state index in [1.165, 1.54) is 18.2 Å². The summed E-state index contributed by atoms with van der Waals surface area (Å²) in [7, 11) is 0. The lowest BCUT2D eigenvalue weighted by Crippen LogP contribution is -2.28. The highest BCUT2D eigenvalue weighted by Gasteiger charge is 2.26. The highest BCUT2D eigenvalue weighted by atomic mass is 19.1. The van der Waals surface area contributed by atoms with Crippen molar-refractivity contribution in [2.75, 3.05) is 24.6 Å². The second-order valence-corrected chi connectivity index (χ2v) is 8.10. The molecule has 0 radical (unpaired) electrons. The van der Waals surface area contributed by atoms with Gasteiger partial charge in [0.05, 0.1) is 5.69 Å². The zero-order chi connectivity index (χ0) is 23.3. The van der Waals surface area contributed by atoms with Gasteiger partial charge in [-0.2, -0.15) is 0 Å². The van der Waals surface area contributed by atoms with Gasteiger partial charge in [-0.05, 0) is 49.1 Å². The van der Waals surface area contributed by atoms with Crippen molar-refractivity contribution in [3.63, 3.8) is 0 Å². The molecule has 7 nitrogen and oxygen atoms in total. The van der Waals surface area contributed by atoms with Gasteiger partial charge in [-0.25, -0.2) is 9.18 Å². The van der Waals surface area contributed by atoms with Gasteiger partial charge in [0.1, 0.15) is 35.2 Å². The van der Waals surface area contributed by atoms with Crippen LogP contribution in [0.25, 0.3) is 0 Å². The maximum absolute atomic E-state index is 15.2. The molecule has 0 saturated heterocycles. The molecule has 0 aliphatic rings. The first-order valence-corrected chi connectivity index (χ1v) is 10.0. The van der Waals surface area contributed by atoms with Crippen LogP contribution in [-0.4, -0.2) is 46.8 Å². The minimum absolute atomic E-state index is 0.0947. The van der Waals surface area contributed by atoms with Gasteiger partial charge in [-0.1, -0.05) is 25.9 Å². The van der Waals surface area contributed by atoms with Gasteiger partial charge in [0, 0.05) is 24.7 Å². The van der Waals surface area contributed by atoms with Crippen LogP contribution in [0, 0.1) is 5.82 Å². The van der Waals surface area contributed by atoms with E-state index in [0.717, 1.165) is 11.6 Å². The zero-order valence-corrected chi connectivity index (χ0v) is 18.4. The number of oxime groups is 1. The van der Waals surface area contributed by atoms with E-state index in [4.69, 9.17) is 9.84 Å². The molecular formula is C23H29FN2O5. The first-order chi connectivity index (χ1) is 14.5. The molecule has 31 heavy (non-hydrogen) atoms. The van der Waals surface area contributed by atoms with Crippen LogP contribution in [0.3, 0.4) is 0 Å². The largest absolute Gasteiger partial charge is 0.507 e. The molecule has 0 amide bonds. The average molecular weight is 432 g/mol. The molecule has 8 heteroatoms. The number of phenols is 1. The maximum atomic E-state index is 15.2. The number of anilines is 1. The lowest BCUT2D eigenvalue weighted by Gasteiger charge is -2.31. The minimum atomic E-state index is -1.26. The Morgan fingerprint density at radius 2 is 1.81 bits per heavy atom. The second-order valence-electron chi connectivity index (χ2n) is 8.10. The number of benzene rings is 2. The molecule has 0 heterocycles. The Morgan fingerprint density at radius 1 is 1.16 bits per heavy atom.